The predicted molar refractivity (Wildman–Crippen MR) is 109 cm³/mol. The minimum atomic E-state index is 0. The Morgan fingerprint density at radius 3 is 2.70 bits per heavy atom. The van der Waals surface area contributed by atoms with Crippen LogP contribution in [0, 0.1) is 0 Å². The molecule has 2 rings (SSSR count). The number of halogens is 1. The number of nitrogens with zero attached hydrogens (tertiary/aromatic N) is 3. The zero-order valence-electron chi connectivity index (χ0n) is 14.4. The summed E-state index contributed by atoms with van der Waals surface area (Å²) in [4.78, 5) is 14.3. The Balaban J connectivity index is 0.00000264. The number of hydrogen-bond donors (Lipinski definition) is 2. The van der Waals surface area contributed by atoms with E-state index in [1.54, 1.807) is 18.4 Å². The van der Waals surface area contributed by atoms with Crippen LogP contribution in [-0.4, -0.2) is 34.9 Å². The second-order valence-electron chi connectivity index (χ2n) is 6.33. The van der Waals surface area contributed by atoms with Gasteiger partial charge >= 0.3 is 0 Å². The Labute approximate surface area is 159 Å². The fourth-order valence-corrected chi connectivity index (χ4v) is 3.03. The zero-order valence-corrected chi connectivity index (χ0v) is 17.5. The Hall–Kier alpha value is -1.09. The number of aliphatic imine (C=N–C) groups is 1. The molecule has 2 aromatic rings. The van der Waals surface area contributed by atoms with E-state index in [0.29, 0.717) is 6.54 Å². The molecule has 5 nitrogen and oxygen atoms in total. The maximum atomic E-state index is 4.70. The van der Waals surface area contributed by atoms with Crippen LogP contribution in [0.25, 0.3) is 0 Å². The van der Waals surface area contributed by atoms with Gasteiger partial charge in [0.2, 0.25) is 0 Å². The lowest BCUT2D eigenvalue weighted by Crippen LogP contribution is -2.38. The molecular formula is C16H26IN5S. The predicted octanol–water partition coefficient (Wildman–Crippen LogP) is 3.59. The largest absolute Gasteiger partial charge is 0.364 e. The summed E-state index contributed by atoms with van der Waals surface area (Å²) in [6.07, 6.45) is 1.93. The first-order valence-electron chi connectivity index (χ1n) is 7.39. The zero-order chi connectivity index (χ0) is 16.2. The van der Waals surface area contributed by atoms with E-state index in [-0.39, 0.29) is 29.4 Å². The van der Waals surface area contributed by atoms with Crippen molar-refractivity contribution >= 4 is 41.3 Å². The van der Waals surface area contributed by atoms with E-state index < -0.39 is 0 Å². The molecule has 0 radical (unpaired) electrons. The van der Waals surface area contributed by atoms with Gasteiger partial charge in [-0.3, -0.25) is 4.99 Å². The highest BCUT2D eigenvalue weighted by Crippen LogP contribution is 2.23. The van der Waals surface area contributed by atoms with Gasteiger partial charge in [-0.25, -0.2) is 4.98 Å². The molecule has 0 aliphatic carbocycles. The molecule has 2 aromatic heterocycles. The summed E-state index contributed by atoms with van der Waals surface area (Å²) in [5.41, 5.74) is 2.40. The number of aromatic amines is 1. The lowest BCUT2D eigenvalue weighted by atomic mass is 9.93. The summed E-state index contributed by atoms with van der Waals surface area (Å²) in [6, 6.07) is 4.07. The van der Waals surface area contributed by atoms with Crippen molar-refractivity contribution in [3.63, 3.8) is 0 Å². The molecule has 0 fully saturated rings. The summed E-state index contributed by atoms with van der Waals surface area (Å²) in [6.45, 7) is 8.03. The van der Waals surface area contributed by atoms with Crippen molar-refractivity contribution in [3.05, 3.63) is 40.1 Å². The molecule has 0 saturated carbocycles. The molecular weight excluding hydrogens is 421 g/mol. The molecule has 0 amide bonds. The van der Waals surface area contributed by atoms with Gasteiger partial charge in [-0.15, -0.1) is 35.3 Å². The average Bonchev–Trinajstić information content (AvgIpc) is 3.09. The highest BCUT2D eigenvalue weighted by atomic mass is 127. The number of rotatable bonds is 4. The molecule has 2 N–H and O–H groups in total. The second kappa shape index (κ2) is 8.68. The van der Waals surface area contributed by atoms with E-state index in [4.69, 9.17) is 4.98 Å². The summed E-state index contributed by atoms with van der Waals surface area (Å²) in [5, 5.41) is 6.60. The molecule has 0 aromatic carbocycles. The Kier molecular flexibility index (Phi) is 7.53. The van der Waals surface area contributed by atoms with Gasteiger partial charge in [0.25, 0.3) is 0 Å². The van der Waals surface area contributed by atoms with E-state index in [2.05, 4.69) is 52.4 Å². The SMILES string of the molecule is CN=C(NCc1nc(C(C)(C)C)cs1)N(C)Cc1ccc[nH]1.I. The van der Waals surface area contributed by atoms with Gasteiger partial charge in [0.1, 0.15) is 5.01 Å². The fraction of sp³-hybridized carbons (Fsp3) is 0.500. The minimum Gasteiger partial charge on any atom is -0.364 e. The number of guanidine groups is 1. The fourth-order valence-electron chi connectivity index (χ4n) is 2.07. The highest BCUT2D eigenvalue weighted by molar-refractivity contribution is 14.0. The van der Waals surface area contributed by atoms with Crippen LogP contribution in [0.15, 0.2) is 28.7 Å². The third-order valence-electron chi connectivity index (χ3n) is 3.36. The van der Waals surface area contributed by atoms with E-state index in [1.165, 1.54) is 0 Å². The second-order valence-corrected chi connectivity index (χ2v) is 7.27. The third kappa shape index (κ3) is 5.80. The van der Waals surface area contributed by atoms with Crippen molar-refractivity contribution in [3.8, 4) is 0 Å². The molecule has 7 heteroatoms. The van der Waals surface area contributed by atoms with Crippen LogP contribution in [0.1, 0.15) is 37.2 Å². The highest BCUT2D eigenvalue weighted by Gasteiger charge is 2.17. The standard InChI is InChI=1S/C16H25N5S.HI/c1-16(2,3)13-11-22-14(20-13)9-19-15(17-4)21(5)10-12-7-6-8-18-12;/h6-8,11,18H,9-10H2,1-5H3,(H,17,19);1H. The van der Waals surface area contributed by atoms with Crippen LogP contribution < -0.4 is 5.32 Å². The quantitative estimate of drug-likeness (QED) is 0.428. The van der Waals surface area contributed by atoms with Crippen molar-refractivity contribution < 1.29 is 0 Å². The molecule has 0 saturated heterocycles. The molecule has 0 spiro atoms. The molecule has 0 aliphatic rings. The Morgan fingerprint density at radius 1 is 1.43 bits per heavy atom. The van der Waals surface area contributed by atoms with Crippen molar-refractivity contribution in [2.45, 2.75) is 39.3 Å². The summed E-state index contributed by atoms with van der Waals surface area (Å²) in [5.74, 6) is 0.863. The van der Waals surface area contributed by atoms with Crippen LogP contribution >= 0.6 is 35.3 Å². The number of H-pyrrole nitrogens is 1. The van der Waals surface area contributed by atoms with Crippen LogP contribution in [0.4, 0.5) is 0 Å². The maximum Gasteiger partial charge on any atom is 0.194 e. The Bertz CT molecular complexity index is 613. The Morgan fingerprint density at radius 2 is 2.17 bits per heavy atom. The molecule has 2 heterocycles. The van der Waals surface area contributed by atoms with Gasteiger partial charge < -0.3 is 15.2 Å². The van der Waals surface area contributed by atoms with Crippen LogP contribution in [0.3, 0.4) is 0 Å². The number of nitrogens with one attached hydrogen (secondary N) is 2. The first-order valence-corrected chi connectivity index (χ1v) is 8.27. The summed E-state index contributed by atoms with van der Waals surface area (Å²) >= 11 is 1.69. The van der Waals surface area contributed by atoms with Gasteiger partial charge in [0.05, 0.1) is 18.8 Å². The first kappa shape index (κ1) is 20.0. The van der Waals surface area contributed by atoms with Crippen molar-refractivity contribution in [2.75, 3.05) is 14.1 Å². The molecule has 0 bridgehead atoms. The monoisotopic (exact) mass is 447 g/mol. The minimum absolute atomic E-state index is 0. The normalized spacial score (nSPS) is 12.0. The van der Waals surface area contributed by atoms with E-state index in [9.17, 15) is 0 Å². The molecule has 23 heavy (non-hydrogen) atoms. The first-order chi connectivity index (χ1) is 10.4. The third-order valence-corrected chi connectivity index (χ3v) is 4.21. The lowest BCUT2D eigenvalue weighted by Gasteiger charge is -2.21. The summed E-state index contributed by atoms with van der Waals surface area (Å²) in [7, 11) is 3.83. The lowest BCUT2D eigenvalue weighted by molar-refractivity contribution is 0.470. The van der Waals surface area contributed by atoms with Gasteiger partial charge in [-0.2, -0.15) is 0 Å². The maximum absolute atomic E-state index is 4.70. The molecule has 0 atom stereocenters. The molecule has 0 aliphatic heterocycles. The van der Waals surface area contributed by atoms with Gasteiger partial charge in [0.15, 0.2) is 5.96 Å². The number of hydrogen-bond acceptors (Lipinski definition) is 3. The van der Waals surface area contributed by atoms with E-state index in [1.807, 2.05) is 19.3 Å². The number of thiazole rings is 1. The number of aromatic nitrogens is 2. The topological polar surface area (TPSA) is 56.3 Å². The van der Waals surface area contributed by atoms with Gasteiger partial charge in [0, 0.05) is 36.8 Å². The molecule has 128 valence electrons. The van der Waals surface area contributed by atoms with Crippen LogP contribution in [-0.2, 0) is 18.5 Å². The van der Waals surface area contributed by atoms with E-state index >= 15 is 0 Å². The van der Waals surface area contributed by atoms with Crippen LogP contribution in [0.5, 0.6) is 0 Å². The van der Waals surface area contributed by atoms with E-state index in [0.717, 1.165) is 28.9 Å². The summed E-state index contributed by atoms with van der Waals surface area (Å²) < 4.78 is 0. The van der Waals surface area contributed by atoms with Crippen molar-refractivity contribution in [1.82, 2.24) is 20.2 Å². The smallest absolute Gasteiger partial charge is 0.194 e. The average molecular weight is 447 g/mol. The molecule has 0 unspecified atom stereocenters. The van der Waals surface area contributed by atoms with Crippen LogP contribution in [0.2, 0.25) is 0 Å². The van der Waals surface area contributed by atoms with Crippen molar-refractivity contribution in [2.24, 2.45) is 4.99 Å². The van der Waals surface area contributed by atoms with Gasteiger partial charge in [-0.1, -0.05) is 20.8 Å². The van der Waals surface area contributed by atoms with Gasteiger partial charge in [-0.05, 0) is 12.1 Å². The van der Waals surface area contributed by atoms with Crippen molar-refractivity contribution in [1.29, 1.82) is 0 Å².